The lowest BCUT2D eigenvalue weighted by Gasteiger charge is -2.13. The highest BCUT2D eigenvalue weighted by Crippen LogP contribution is 2.37. The van der Waals surface area contributed by atoms with Crippen molar-refractivity contribution in [2.75, 3.05) is 19.4 Å². The van der Waals surface area contributed by atoms with Gasteiger partial charge in [-0.25, -0.2) is 9.97 Å². The van der Waals surface area contributed by atoms with Gasteiger partial charge in [-0.1, -0.05) is 13.0 Å². The fraction of sp³-hybridized carbons (Fsp3) is 0.250. The molecular weight excluding hydrogens is 383 g/mol. The van der Waals surface area contributed by atoms with Gasteiger partial charge < -0.3 is 15.6 Å². The molecule has 9 heteroatoms. The highest BCUT2D eigenvalue weighted by molar-refractivity contribution is 6.01. The second-order valence-corrected chi connectivity index (χ2v) is 6.31. The van der Waals surface area contributed by atoms with Crippen molar-refractivity contribution in [3.05, 3.63) is 53.5 Å². The Kier molecular flexibility index (Phi) is 5.58. The van der Waals surface area contributed by atoms with Gasteiger partial charge in [-0.2, -0.15) is 13.2 Å². The molecule has 0 aliphatic carbocycles. The van der Waals surface area contributed by atoms with Crippen LogP contribution in [-0.2, 0) is 12.6 Å². The third-order valence-electron chi connectivity index (χ3n) is 4.58. The van der Waals surface area contributed by atoms with Crippen molar-refractivity contribution in [3.63, 3.8) is 0 Å². The van der Waals surface area contributed by atoms with Crippen LogP contribution in [0.5, 0.6) is 0 Å². The average molecular weight is 403 g/mol. The second-order valence-electron chi connectivity index (χ2n) is 6.31. The van der Waals surface area contributed by atoms with Gasteiger partial charge in [-0.05, 0) is 35.7 Å². The topological polar surface area (TPSA) is 82.7 Å². The number of alkyl halides is 3. The van der Waals surface area contributed by atoms with Gasteiger partial charge in [0.2, 0.25) is 0 Å². The number of aromatic nitrogens is 3. The van der Waals surface area contributed by atoms with E-state index in [0.717, 1.165) is 12.1 Å². The molecule has 152 valence electrons. The standard InChI is InChI=1S/C20H20F3N5O/c1-4-11-5-6-12(20(21,22)23)7-13(11)14-8-16(28-18(14)19(29)25-3)15-9-17(24-2)27-10-26-15/h5-10,28H,4H2,1-3H3,(H,25,29)(H,24,26,27). The zero-order valence-corrected chi connectivity index (χ0v) is 16.1. The highest BCUT2D eigenvalue weighted by Gasteiger charge is 2.31. The fourth-order valence-corrected chi connectivity index (χ4v) is 3.06. The monoisotopic (exact) mass is 403 g/mol. The Morgan fingerprint density at radius 1 is 1.10 bits per heavy atom. The number of benzene rings is 1. The number of H-pyrrole nitrogens is 1. The molecule has 1 aromatic carbocycles. The van der Waals surface area contributed by atoms with Crippen LogP contribution in [0.2, 0.25) is 0 Å². The van der Waals surface area contributed by atoms with Crippen LogP contribution in [0.3, 0.4) is 0 Å². The van der Waals surface area contributed by atoms with E-state index in [1.807, 2.05) is 6.92 Å². The molecule has 29 heavy (non-hydrogen) atoms. The van der Waals surface area contributed by atoms with Crippen LogP contribution in [-0.4, -0.2) is 35.0 Å². The molecule has 0 atom stereocenters. The summed E-state index contributed by atoms with van der Waals surface area (Å²) in [6.07, 6.45) is -2.61. The quantitative estimate of drug-likeness (QED) is 0.599. The van der Waals surface area contributed by atoms with E-state index in [1.54, 1.807) is 19.2 Å². The first kappa shape index (κ1) is 20.4. The van der Waals surface area contributed by atoms with E-state index in [4.69, 9.17) is 0 Å². The smallest absolute Gasteiger partial charge is 0.373 e. The predicted molar refractivity (Wildman–Crippen MR) is 105 cm³/mol. The molecule has 0 spiro atoms. The van der Waals surface area contributed by atoms with Crippen molar-refractivity contribution < 1.29 is 18.0 Å². The Balaban J connectivity index is 2.23. The summed E-state index contributed by atoms with van der Waals surface area (Å²) >= 11 is 0. The lowest BCUT2D eigenvalue weighted by atomic mass is 9.95. The van der Waals surface area contributed by atoms with E-state index < -0.39 is 17.6 Å². The number of nitrogens with zero attached hydrogens (tertiary/aromatic N) is 2. The number of carbonyl (C=O) groups excluding carboxylic acids is 1. The first-order valence-corrected chi connectivity index (χ1v) is 8.94. The summed E-state index contributed by atoms with van der Waals surface area (Å²) in [5, 5.41) is 5.42. The molecule has 1 amide bonds. The molecule has 6 nitrogen and oxygen atoms in total. The van der Waals surface area contributed by atoms with Crippen LogP contribution in [0.15, 0.2) is 36.7 Å². The molecule has 0 aliphatic rings. The Bertz CT molecular complexity index is 1040. The van der Waals surface area contributed by atoms with Crippen LogP contribution in [0.4, 0.5) is 19.0 Å². The summed E-state index contributed by atoms with van der Waals surface area (Å²) in [4.78, 5) is 23.7. The van der Waals surface area contributed by atoms with Gasteiger partial charge in [-0.15, -0.1) is 0 Å². The molecule has 0 fully saturated rings. The molecule has 3 aromatic rings. The number of rotatable bonds is 5. The van der Waals surface area contributed by atoms with E-state index in [9.17, 15) is 18.0 Å². The molecule has 0 saturated heterocycles. The molecule has 3 rings (SSSR count). The molecule has 0 saturated carbocycles. The predicted octanol–water partition coefficient (Wildman–Crippen LogP) is 4.12. The molecule has 0 radical (unpaired) electrons. The molecule has 2 aromatic heterocycles. The summed E-state index contributed by atoms with van der Waals surface area (Å²) in [6, 6.07) is 6.90. The minimum absolute atomic E-state index is 0.168. The van der Waals surface area contributed by atoms with E-state index in [-0.39, 0.29) is 5.69 Å². The molecular formula is C20H20F3N5O. The van der Waals surface area contributed by atoms with Gasteiger partial charge in [0, 0.05) is 25.7 Å². The fourth-order valence-electron chi connectivity index (χ4n) is 3.06. The summed E-state index contributed by atoms with van der Waals surface area (Å²) < 4.78 is 39.9. The Hall–Kier alpha value is -3.36. The zero-order valence-electron chi connectivity index (χ0n) is 16.1. The SMILES string of the molecule is CCc1ccc(C(F)(F)F)cc1-c1cc(-c2cc(NC)ncn2)[nH]c1C(=O)NC. The summed E-state index contributed by atoms with van der Waals surface area (Å²) in [7, 11) is 3.17. The third-order valence-corrected chi connectivity index (χ3v) is 4.58. The molecule has 0 aliphatic heterocycles. The summed E-state index contributed by atoms with van der Waals surface area (Å²) in [5.41, 5.74) is 1.84. The maximum absolute atomic E-state index is 13.3. The van der Waals surface area contributed by atoms with E-state index in [2.05, 4.69) is 25.6 Å². The van der Waals surface area contributed by atoms with Crippen molar-refractivity contribution in [3.8, 4) is 22.5 Å². The number of aromatic amines is 1. The zero-order chi connectivity index (χ0) is 21.2. The number of carbonyl (C=O) groups is 1. The lowest BCUT2D eigenvalue weighted by molar-refractivity contribution is -0.137. The number of aryl methyl sites for hydroxylation is 1. The minimum atomic E-state index is -4.48. The van der Waals surface area contributed by atoms with E-state index >= 15 is 0 Å². The number of amides is 1. The summed E-state index contributed by atoms with van der Waals surface area (Å²) in [5.74, 6) is 0.134. The number of nitrogens with one attached hydrogen (secondary N) is 3. The summed E-state index contributed by atoms with van der Waals surface area (Å²) in [6.45, 7) is 1.85. The molecule has 0 bridgehead atoms. The van der Waals surface area contributed by atoms with Crippen LogP contribution < -0.4 is 10.6 Å². The van der Waals surface area contributed by atoms with Gasteiger partial charge in [0.05, 0.1) is 17.0 Å². The Morgan fingerprint density at radius 3 is 2.48 bits per heavy atom. The molecule has 2 heterocycles. The van der Waals surface area contributed by atoms with Gasteiger partial charge >= 0.3 is 6.18 Å². The van der Waals surface area contributed by atoms with Crippen LogP contribution in [0.25, 0.3) is 22.5 Å². The minimum Gasteiger partial charge on any atom is -0.373 e. The van der Waals surface area contributed by atoms with E-state index in [0.29, 0.717) is 40.3 Å². The van der Waals surface area contributed by atoms with Crippen LogP contribution in [0.1, 0.15) is 28.5 Å². The number of anilines is 1. The first-order valence-electron chi connectivity index (χ1n) is 8.94. The number of hydrogen-bond acceptors (Lipinski definition) is 4. The molecule has 3 N–H and O–H groups in total. The van der Waals surface area contributed by atoms with Crippen LogP contribution in [0, 0.1) is 0 Å². The Labute approximate surface area is 165 Å². The van der Waals surface area contributed by atoms with Crippen LogP contribution >= 0.6 is 0 Å². The second kappa shape index (κ2) is 7.94. The van der Waals surface area contributed by atoms with Gasteiger partial charge in [-0.3, -0.25) is 4.79 Å². The average Bonchev–Trinajstić information content (AvgIpc) is 3.17. The first-order chi connectivity index (χ1) is 13.8. The normalized spacial score (nSPS) is 11.4. The van der Waals surface area contributed by atoms with E-state index in [1.165, 1.54) is 19.4 Å². The highest BCUT2D eigenvalue weighted by atomic mass is 19.4. The van der Waals surface area contributed by atoms with Crippen molar-refractivity contribution in [1.29, 1.82) is 0 Å². The van der Waals surface area contributed by atoms with Gasteiger partial charge in [0.1, 0.15) is 17.8 Å². The van der Waals surface area contributed by atoms with Gasteiger partial charge in [0.25, 0.3) is 5.91 Å². The lowest BCUT2D eigenvalue weighted by Crippen LogP contribution is -2.19. The maximum atomic E-state index is 13.3. The van der Waals surface area contributed by atoms with Crippen molar-refractivity contribution >= 4 is 11.7 Å². The third kappa shape index (κ3) is 4.08. The van der Waals surface area contributed by atoms with Crippen molar-refractivity contribution in [2.24, 2.45) is 0 Å². The largest absolute Gasteiger partial charge is 0.416 e. The number of halogens is 3. The van der Waals surface area contributed by atoms with Crippen molar-refractivity contribution in [2.45, 2.75) is 19.5 Å². The Morgan fingerprint density at radius 2 is 1.86 bits per heavy atom. The van der Waals surface area contributed by atoms with Crippen molar-refractivity contribution in [1.82, 2.24) is 20.3 Å². The molecule has 0 unspecified atom stereocenters. The van der Waals surface area contributed by atoms with Gasteiger partial charge in [0.15, 0.2) is 0 Å². The number of hydrogen-bond donors (Lipinski definition) is 3. The maximum Gasteiger partial charge on any atom is 0.416 e.